The molecule has 6 nitrogen and oxygen atoms in total. The number of hydrogen-bond donors (Lipinski definition) is 2. The second-order valence-corrected chi connectivity index (χ2v) is 6.42. The number of nitrogens with zero attached hydrogens (tertiary/aromatic N) is 2. The summed E-state index contributed by atoms with van der Waals surface area (Å²) in [6.45, 7) is 0. The Labute approximate surface area is 151 Å². The van der Waals surface area contributed by atoms with Gasteiger partial charge in [0.1, 0.15) is 11.4 Å². The van der Waals surface area contributed by atoms with E-state index in [1.54, 1.807) is 13.2 Å². The Morgan fingerprint density at radius 2 is 2.19 bits per heavy atom. The molecule has 0 radical (unpaired) electrons. The molecule has 1 aromatic carbocycles. The van der Waals surface area contributed by atoms with Crippen molar-refractivity contribution in [2.75, 3.05) is 7.11 Å². The van der Waals surface area contributed by atoms with Crippen molar-refractivity contribution in [3.05, 3.63) is 65.6 Å². The second-order valence-electron chi connectivity index (χ2n) is 6.42. The molecule has 26 heavy (non-hydrogen) atoms. The summed E-state index contributed by atoms with van der Waals surface area (Å²) < 4.78 is 5.24. The molecule has 1 atom stereocenters. The lowest BCUT2D eigenvalue weighted by molar-refractivity contribution is 0.0928. The fraction of sp³-hybridized carbons (Fsp3) is 0.250. The molecular formula is C20H20N4O2. The Balaban J connectivity index is 1.45. The van der Waals surface area contributed by atoms with E-state index in [1.807, 2.05) is 36.5 Å². The fourth-order valence-electron chi connectivity index (χ4n) is 3.32. The van der Waals surface area contributed by atoms with Crippen LogP contribution < -0.4 is 10.1 Å². The molecule has 1 aliphatic carbocycles. The first-order valence-electron chi connectivity index (χ1n) is 8.66. The highest BCUT2D eigenvalue weighted by Crippen LogP contribution is 2.23. The first kappa shape index (κ1) is 16.3. The molecule has 0 saturated heterocycles. The number of rotatable bonds is 4. The largest absolute Gasteiger partial charge is 0.497 e. The third-order valence-electron chi connectivity index (χ3n) is 4.70. The zero-order chi connectivity index (χ0) is 17.9. The highest BCUT2D eigenvalue weighted by Gasteiger charge is 2.22. The fourth-order valence-corrected chi connectivity index (χ4v) is 3.32. The highest BCUT2D eigenvalue weighted by molar-refractivity contribution is 5.93. The second kappa shape index (κ2) is 7.00. The maximum Gasteiger partial charge on any atom is 0.269 e. The highest BCUT2D eigenvalue weighted by atomic mass is 16.5. The van der Waals surface area contributed by atoms with Gasteiger partial charge in [-0.2, -0.15) is 5.10 Å². The van der Waals surface area contributed by atoms with Crippen LogP contribution >= 0.6 is 0 Å². The maximum atomic E-state index is 12.6. The minimum atomic E-state index is -0.135. The molecule has 0 aliphatic heterocycles. The van der Waals surface area contributed by atoms with Gasteiger partial charge >= 0.3 is 0 Å². The van der Waals surface area contributed by atoms with E-state index in [-0.39, 0.29) is 11.9 Å². The Kier molecular flexibility index (Phi) is 4.39. The molecule has 3 aromatic rings. The van der Waals surface area contributed by atoms with Crippen LogP contribution in [0, 0.1) is 0 Å². The summed E-state index contributed by atoms with van der Waals surface area (Å²) in [7, 11) is 1.63. The van der Waals surface area contributed by atoms with E-state index in [1.165, 1.54) is 5.56 Å². The normalized spacial score (nSPS) is 16.0. The van der Waals surface area contributed by atoms with E-state index in [0.29, 0.717) is 11.4 Å². The van der Waals surface area contributed by atoms with Gasteiger partial charge < -0.3 is 10.1 Å². The van der Waals surface area contributed by atoms with Crippen LogP contribution in [0.3, 0.4) is 0 Å². The number of aromatic nitrogens is 3. The van der Waals surface area contributed by atoms with Crippen molar-refractivity contribution in [3.8, 4) is 17.0 Å². The van der Waals surface area contributed by atoms with Crippen molar-refractivity contribution in [2.45, 2.75) is 25.3 Å². The van der Waals surface area contributed by atoms with Crippen LogP contribution in [-0.4, -0.2) is 34.2 Å². The first-order valence-corrected chi connectivity index (χ1v) is 8.66. The van der Waals surface area contributed by atoms with E-state index in [0.717, 1.165) is 36.3 Å². The molecule has 132 valence electrons. The summed E-state index contributed by atoms with van der Waals surface area (Å²) in [5, 5.41) is 10.2. The molecule has 2 N–H and O–H groups in total. The summed E-state index contributed by atoms with van der Waals surface area (Å²) in [6, 6.07) is 13.5. The molecule has 2 aromatic heterocycles. The quantitative estimate of drug-likeness (QED) is 0.760. The van der Waals surface area contributed by atoms with Gasteiger partial charge in [0, 0.05) is 23.5 Å². The number of aryl methyl sites for hydroxylation is 1. The lowest BCUT2D eigenvalue weighted by Crippen LogP contribution is -2.39. The van der Waals surface area contributed by atoms with Gasteiger partial charge in [-0.1, -0.05) is 18.2 Å². The number of methoxy groups -OCH3 is 1. The molecule has 0 bridgehead atoms. The topological polar surface area (TPSA) is 79.9 Å². The maximum absolute atomic E-state index is 12.6. The predicted molar refractivity (Wildman–Crippen MR) is 98.1 cm³/mol. The van der Waals surface area contributed by atoms with Gasteiger partial charge in [0.15, 0.2) is 0 Å². The average Bonchev–Trinajstić information content (AvgIpc) is 3.18. The number of H-pyrrole nitrogens is 1. The lowest BCUT2D eigenvalue weighted by Gasteiger charge is -2.24. The number of nitrogens with one attached hydrogen (secondary N) is 2. The van der Waals surface area contributed by atoms with Crippen molar-refractivity contribution >= 4 is 5.91 Å². The number of ether oxygens (including phenoxy) is 1. The molecule has 6 heteroatoms. The predicted octanol–water partition coefficient (Wildman–Crippen LogP) is 2.77. The zero-order valence-electron chi connectivity index (χ0n) is 14.5. The standard InChI is InChI=1S/C20H20N4O2/c1-26-16-6-2-4-14(11-16)18-12-19(24-23-18)20(25)22-15-7-8-17-13(10-15)5-3-9-21-17/h2-6,9,11-12,15H,7-8,10H2,1H3,(H,22,25)(H,23,24). The molecular weight excluding hydrogens is 328 g/mol. The van der Waals surface area contributed by atoms with Gasteiger partial charge in [0.25, 0.3) is 5.91 Å². The number of hydrogen-bond acceptors (Lipinski definition) is 4. The van der Waals surface area contributed by atoms with Crippen LogP contribution in [0.1, 0.15) is 28.2 Å². The van der Waals surface area contributed by atoms with Crippen molar-refractivity contribution in [1.29, 1.82) is 0 Å². The summed E-state index contributed by atoms with van der Waals surface area (Å²) in [5.41, 5.74) is 4.43. The monoisotopic (exact) mass is 348 g/mol. The number of pyridine rings is 1. The van der Waals surface area contributed by atoms with Gasteiger partial charge in [0.05, 0.1) is 12.8 Å². The Bertz CT molecular complexity index is 935. The number of benzene rings is 1. The summed E-state index contributed by atoms with van der Waals surface area (Å²) in [5.74, 6) is 0.620. The number of amides is 1. The third-order valence-corrected chi connectivity index (χ3v) is 4.70. The molecule has 1 aliphatic rings. The van der Waals surface area contributed by atoms with Gasteiger partial charge in [-0.15, -0.1) is 0 Å². The first-order chi connectivity index (χ1) is 12.7. The molecule has 2 heterocycles. The Morgan fingerprint density at radius 1 is 1.27 bits per heavy atom. The number of carbonyl (C=O) groups excluding carboxylic acids is 1. The number of fused-ring (bicyclic) bond motifs is 1. The van der Waals surface area contributed by atoms with Gasteiger partial charge in [-0.3, -0.25) is 14.9 Å². The van der Waals surface area contributed by atoms with Crippen LogP contribution in [0.25, 0.3) is 11.3 Å². The Morgan fingerprint density at radius 3 is 3.08 bits per heavy atom. The lowest BCUT2D eigenvalue weighted by atomic mass is 9.92. The van der Waals surface area contributed by atoms with Gasteiger partial charge in [-0.25, -0.2) is 0 Å². The minimum absolute atomic E-state index is 0.114. The van der Waals surface area contributed by atoms with Crippen molar-refractivity contribution in [2.24, 2.45) is 0 Å². The van der Waals surface area contributed by atoms with E-state index >= 15 is 0 Å². The number of carbonyl (C=O) groups is 1. The molecule has 0 saturated carbocycles. The van der Waals surface area contributed by atoms with Crippen LogP contribution in [0.4, 0.5) is 0 Å². The SMILES string of the molecule is COc1cccc(-c2cc(C(=O)NC3CCc4ncccc4C3)[nH]n2)c1. The number of aromatic amines is 1. The van der Waals surface area contributed by atoms with Crippen LogP contribution in [-0.2, 0) is 12.8 Å². The van der Waals surface area contributed by atoms with Gasteiger partial charge in [-0.05, 0) is 49.1 Å². The Hall–Kier alpha value is -3.15. The van der Waals surface area contributed by atoms with Crippen LogP contribution in [0.5, 0.6) is 5.75 Å². The molecule has 4 rings (SSSR count). The molecule has 0 spiro atoms. The third kappa shape index (κ3) is 3.31. The summed E-state index contributed by atoms with van der Waals surface area (Å²) in [4.78, 5) is 17.0. The summed E-state index contributed by atoms with van der Waals surface area (Å²) >= 11 is 0. The molecule has 1 amide bonds. The van der Waals surface area contributed by atoms with Crippen molar-refractivity contribution in [3.63, 3.8) is 0 Å². The van der Waals surface area contributed by atoms with E-state index in [2.05, 4.69) is 26.6 Å². The van der Waals surface area contributed by atoms with Crippen LogP contribution in [0.15, 0.2) is 48.7 Å². The molecule has 0 fully saturated rings. The van der Waals surface area contributed by atoms with Crippen LogP contribution in [0.2, 0.25) is 0 Å². The smallest absolute Gasteiger partial charge is 0.269 e. The van der Waals surface area contributed by atoms with Crippen molar-refractivity contribution in [1.82, 2.24) is 20.5 Å². The average molecular weight is 348 g/mol. The van der Waals surface area contributed by atoms with E-state index in [4.69, 9.17) is 4.74 Å². The van der Waals surface area contributed by atoms with Crippen molar-refractivity contribution < 1.29 is 9.53 Å². The van der Waals surface area contributed by atoms with Gasteiger partial charge in [0.2, 0.25) is 0 Å². The van der Waals surface area contributed by atoms with E-state index in [9.17, 15) is 4.79 Å². The van der Waals surface area contributed by atoms with E-state index < -0.39 is 0 Å². The minimum Gasteiger partial charge on any atom is -0.497 e. The molecule has 1 unspecified atom stereocenters. The summed E-state index contributed by atoms with van der Waals surface area (Å²) in [6.07, 6.45) is 4.42. The zero-order valence-corrected chi connectivity index (χ0v) is 14.5.